The van der Waals surface area contributed by atoms with Crippen molar-refractivity contribution in [2.45, 2.75) is 25.2 Å². The monoisotopic (exact) mass is 173 g/mol. The third-order valence-electron chi connectivity index (χ3n) is 2.66. The number of hydrogen-bond donors (Lipinski definition) is 0. The lowest BCUT2D eigenvalue weighted by atomic mass is 9.75. The molecule has 66 valence electrons. The van der Waals surface area contributed by atoms with E-state index in [-0.39, 0.29) is 5.92 Å². The van der Waals surface area contributed by atoms with Crippen molar-refractivity contribution >= 4 is 0 Å². The zero-order chi connectivity index (χ0) is 9.10. The molecule has 13 heavy (non-hydrogen) atoms. The molecule has 0 bridgehead atoms. The van der Waals surface area contributed by atoms with Gasteiger partial charge in [-0.25, -0.2) is 0 Å². The van der Waals surface area contributed by atoms with Crippen molar-refractivity contribution in [2.75, 3.05) is 0 Å². The van der Waals surface area contributed by atoms with Crippen LogP contribution in [0.4, 0.5) is 0 Å². The molecular formula is C10H11N3. The van der Waals surface area contributed by atoms with E-state index in [1.54, 1.807) is 18.6 Å². The molecule has 1 aromatic heterocycles. The molecule has 1 fully saturated rings. The zero-order valence-corrected chi connectivity index (χ0v) is 7.35. The van der Waals surface area contributed by atoms with Gasteiger partial charge < -0.3 is 0 Å². The molecule has 0 N–H and O–H groups in total. The fraction of sp³-hybridized carbons (Fsp3) is 0.500. The molecule has 0 aromatic carbocycles. The minimum absolute atomic E-state index is 0.0394. The van der Waals surface area contributed by atoms with Crippen molar-refractivity contribution in [3.63, 3.8) is 0 Å². The molecule has 1 atom stereocenters. The topological polar surface area (TPSA) is 49.6 Å². The predicted octanol–water partition coefficient (Wildman–Crippen LogP) is 1.88. The molecule has 0 saturated heterocycles. The summed E-state index contributed by atoms with van der Waals surface area (Å²) in [6.45, 7) is 0. The van der Waals surface area contributed by atoms with Gasteiger partial charge in [-0.3, -0.25) is 9.97 Å². The standard InChI is InChI=1S/C10H11N3/c11-6-9(8-2-1-3-8)10-7-12-4-5-13-10/h4-5,7-9H,1-3H2. The Labute approximate surface area is 77.4 Å². The second-order valence-electron chi connectivity index (χ2n) is 3.43. The minimum atomic E-state index is -0.0394. The van der Waals surface area contributed by atoms with E-state index in [2.05, 4.69) is 16.0 Å². The Morgan fingerprint density at radius 2 is 2.31 bits per heavy atom. The molecule has 0 aliphatic heterocycles. The Bertz CT molecular complexity index is 311. The first-order valence-corrected chi connectivity index (χ1v) is 4.57. The van der Waals surface area contributed by atoms with E-state index in [9.17, 15) is 0 Å². The van der Waals surface area contributed by atoms with Crippen LogP contribution in [0.2, 0.25) is 0 Å². The average molecular weight is 173 g/mol. The summed E-state index contributed by atoms with van der Waals surface area (Å²) in [5.41, 5.74) is 0.828. The van der Waals surface area contributed by atoms with Crippen LogP contribution in [0.1, 0.15) is 30.9 Å². The molecule has 2 rings (SSSR count). The van der Waals surface area contributed by atoms with Gasteiger partial charge in [-0.1, -0.05) is 6.42 Å². The lowest BCUT2D eigenvalue weighted by Crippen LogP contribution is -2.20. The van der Waals surface area contributed by atoms with Gasteiger partial charge in [-0.15, -0.1) is 0 Å². The largest absolute Gasteiger partial charge is 0.261 e. The maximum absolute atomic E-state index is 9.00. The number of nitriles is 1. The van der Waals surface area contributed by atoms with Crippen LogP contribution in [-0.4, -0.2) is 9.97 Å². The fourth-order valence-corrected chi connectivity index (χ4v) is 1.66. The summed E-state index contributed by atoms with van der Waals surface area (Å²) in [5, 5.41) is 9.00. The molecule has 1 heterocycles. The van der Waals surface area contributed by atoms with Crippen LogP contribution < -0.4 is 0 Å². The van der Waals surface area contributed by atoms with E-state index in [4.69, 9.17) is 5.26 Å². The first kappa shape index (κ1) is 8.18. The highest BCUT2D eigenvalue weighted by atomic mass is 14.8. The Balaban J connectivity index is 2.18. The van der Waals surface area contributed by atoms with Gasteiger partial charge in [0.15, 0.2) is 0 Å². The Morgan fingerprint density at radius 1 is 1.46 bits per heavy atom. The SMILES string of the molecule is N#CC(c1cnccn1)C1CCC1. The van der Waals surface area contributed by atoms with Crippen molar-refractivity contribution in [3.8, 4) is 6.07 Å². The van der Waals surface area contributed by atoms with Gasteiger partial charge in [0.05, 0.1) is 17.7 Å². The van der Waals surface area contributed by atoms with Crippen molar-refractivity contribution in [3.05, 3.63) is 24.3 Å². The molecule has 1 unspecified atom stereocenters. The van der Waals surface area contributed by atoms with Crippen LogP contribution in [0.15, 0.2) is 18.6 Å². The van der Waals surface area contributed by atoms with Gasteiger partial charge in [-0.05, 0) is 18.8 Å². The molecule has 1 aliphatic rings. The lowest BCUT2D eigenvalue weighted by molar-refractivity contribution is 0.289. The van der Waals surface area contributed by atoms with Gasteiger partial charge in [0.1, 0.15) is 0 Å². The van der Waals surface area contributed by atoms with Gasteiger partial charge in [-0.2, -0.15) is 5.26 Å². The van der Waals surface area contributed by atoms with Crippen LogP contribution in [-0.2, 0) is 0 Å². The number of nitrogens with zero attached hydrogens (tertiary/aromatic N) is 3. The third kappa shape index (κ3) is 1.52. The molecule has 0 amide bonds. The van der Waals surface area contributed by atoms with Crippen molar-refractivity contribution in [1.29, 1.82) is 5.26 Å². The summed E-state index contributed by atoms with van der Waals surface area (Å²) in [5.74, 6) is 0.476. The summed E-state index contributed by atoms with van der Waals surface area (Å²) < 4.78 is 0. The van der Waals surface area contributed by atoms with Crippen molar-refractivity contribution in [2.24, 2.45) is 5.92 Å². The summed E-state index contributed by atoms with van der Waals surface area (Å²) in [4.78, 5) is 8.15. The van der Waals surface area contributed by atoms with Crippen molar-refractivity contribution in [1.82, 2.24) is 9.97 Å². The lowest BCUT2D eigenvalue weighted by Gasteiger charge is -2.28. The van der Waals surface area contributed by atoms with E-state index in [0.717, 1.165) is 18.5 Å². The molecule has 3 nitrogen and oxygen atoms in total. The average Bonchev–Trinajstić information content (AvgIpc) is 2.12. The number of aromatic nitrogens is 2. The van der Waals surface area contributed by atoms with Gasteiger partial charge in [0.25, 0.3) is 0 Å². The molecular weight excluding hydrogens is 162 g/mol. The summed E-state index contributed by atoms with van der Waals surface area (Å²) in [6, 6.07) is 2.32. The van der Waals surface area contributed by atoms with Gasteiger partial charge in [0.2, 0.25) is 0 Å². The van der Waals surface area contributed by atoms with Crippen LogP contribution in [0.25, 0.3) is 0 Å². The first-order valence-electron chi connectivity index (χ1n) is 4.57. The molecule has 1 aliphatic carbocycles. The normalized spacial score (nSPS) is 18.7. The molecule has 0 radical (unpaired) electrons. The maximum Gasteiger partial charge on any atom is 0.0928 e. The van der Waals surface area contributed by atoms with Crippen LogP contribution >= 0.6 is 0 Å². The minimum Gasteiger partial charge on any atom is -0.261 e. The van der Waals surface area contributed by atoms with Gasteiger partial charge >= 0.3 is 0 Å². The van der Waals surface area contributed by atoms with Gasteiger partial charge in [0, 0.05) is 18.6 Å². The smallest absolute Gasteiger partial charge is 0.0928 e. The second kappa shape index (κ2) is 3.53. The fourth-order valence-electron chi connectivity index (χ4n) is 1.66. The zero-order valence-electron chi connectivity index (χ0n) is 7.35. The van der Waals surface area contributed by atoms with E-state index < -0.39 is 0 Å². The van der Waals surface area contributed by atoms with Crippen molar-refractivity contribution < 1.29 is 0 Å². The molecule has 3 heteroatoms. The van der Waals surface area contributed by atoms with Crippen LogP contribution in [0.5, 0.6) is 0 Å². The Hall–Kier alpha value is -1.43. The first-order chi connectivity index (χ1) is 6.42. The van der Waals surface area contributed by atoms with E-state index in [1.165, 1.54) is 6.42 Å². The third-order valence-corrected chi connectivity index (χ3v) is 2.66. The van der Waals surface area contributed by atoms with E-state index in [1.807, 2.05) is 0 Å². The van der Waals surface area contributed by atoms with E-state index in [0.29, 0.717) is 5.92 Å². The van der Waals surface area contributed by atoms with Crippen LogP contribution in [0, 0.1) is 17.2 Å². The molecule has 0 spiro atoms. The van der Waals surface area contributed by atoms with Crippen LogP contribution in [0.3, 0.4) is 0 Å². The number of hydrogen-bond acceptors (Lipinski definition) is 3. The summed E-state index contributed by atoms with van der Waals surface area (Å²) in [7, 11) is 0. The quantitative estimate of drug-likeness (QED) is 0.686. The number of rotatable bonds is 2. The highest BCUT2D eigenvalue weighted by Crippen LogP contribution is 2.37. The summed E-state index contributed by atoms with van der Waals surface area (Å²) in [6.07, 6.45) is 8.57. The highest BCUT2D eigenvalue weighted by Gasteiger charge is 2.29. The Kier molecular flexibility index (Phi) is 2.22. The summed E-state index contributed by atoms with van der Waals surface area (Å²) >= 11 is 0. The Morgan fingerprint density at radius 3 is 2.77 bits per heavy atom. The maximum atomic E-state index is 9.00. The van der Waals surface area contributed by atoms with E-state index >= 15 is 0 Å². The predicted molar refractivity (Wildman–Crippen MR) is 47.7 cm³/mol. The second-order valence-corrected chi connectivity index (χ2v) is 3.43. The molecule has 1 saturated carbocycles. The highest BCUT2D eigenvalue weighted by molar-refractivity contribution is 5.15. The molecule has 1 aromatic rings.